The summed E-state index contributed by atoms with van der Waals surface area (Å²) in [6.45, 7) is 0. The number of hydrogen-bond acceptors (Lipinski definition) is 7. The number of benzene rings is 2. The molecule has 146 valence electrons. The maximum Gasteiger partial charge on any atom is 0.261 e. The zero-order valence-corrected chi connectivity index (χ0v) is 16.7. The fourth-order valence-corrected chi connectivity index (χ4v) is 3.94. The van der Waals surface area contributed by atoms with E-state index in [1.807, 2.05) is 0 Å². The van der Waals surface area contributed by atoms with Gasteiger partial charge in [-0.2, -0.15) is 0 Å². The summed E-state index contributed by atoms with van der Waals surface area (Å²) >= 11 is 0. The summed E-state index contributed by atoms with van der Waals surface area (Å²) < 4.78 is 55.6. The van der Waals surface area contributed by atoms with Crippen LogP contribution >= 0.6 is 0 Å². The second-order valence-corrected chi connectivity index (χ2v) is 9.54. The van der Waals surface area contributed by atoms with E-state index in [4.69, 9.17) is 4.74 Å². The number of sulfonamides is 1. The zero-order valence-electron chi connectivity index (χ0n) is 15.0. The molecule has 28 heavy (non-hydrogen) atoms. The van der Waals surface area contributed by atoms with E-state index in [0.29, 0.717) is 22.7 Å². The van der Waals surface area contributed by atoms with Crippen LogP contribution in [-0.4, -0.2) is 40.4 Å². The van der Waals surface area contributed by atoms with Gasteiger partial charge in [-0.15, -0.1) is 10.2 Å². The van der Waals surface area contributed by atoms with Crippen LogP contribution in [0.5, 0.6) is 5.75 Å². The summed E-state index contributed by atoms with van der Waals surface area (Å²) in [6, 6.07) is 15.4. The standard InChI is InChI=1S/C18H17N3O5S2/c1-26-15-6-8-16(9-7-15)28(24,25)21-14-5-3-4-13(12-14)17-10-11-18(20-19-17)27(2,22)23/h3-12,21H,1-2H3. The van der Waals surface area contributed by atoms with Crippen molar-refractivity contribution in [3.63, 3.8) is 0 Å². The van der Waals surface area contributed by atoms with Gasteiger partial charge in [-0.3, -0.25) is 4.72 Å². The maximum absolute atomic E-state index is 12.6. The van der Waals surface area contributed by atoms with E-state index in [2.05, 4.69) is 14.9 Å². The molecule has 0 amide bonds. The van der Waals surface area contributed by atoms with Crippen LogP contribution in [0.1, 0.15) is 0 Å². The molecular weight excluding hydrogens is 402 g/mol. The molecule has 10 heteroatoms. The van der Waals surface area contributed by atoms with Crippen molar-refractivity contribution >= 4 is 25.5 Å². The average Bonchev–Trinajstić information content (AvgIpc) is 2.67. The van der Waals surface area contributed by atoms with Crippen LogP contribution in [0.15, 0.2) is 70.6 Å². The molecular formula is C18H17N3O5S2. The normalized spacial score (nSPS) is 11.8. The predicted molar refractivity (Wildman–Crippen MR) is 104 cm³/mol. The number of hydrogen-bond donors (Lipinski definition) is 1. The molecule has 3 rings (SSSR count). The van der Waals surface area contributed by atoms with E-state index in [1.54, 1.807) is 36.4 Å². The molecule has 1 N–H and O–H groups in total. The summed E-state index contributed by atoms with van der Waals surface area (Å²) in [5.41, 5.74) is 1.34. The molecule has 0 saturated carbocycles. The number of sulfone groups is 1. The van der Waals surface area contributed by atoms with Gasteiger partial charge in [-0.05, 0) is 48.5 Å². The van der Waals surface area contributed by atoms with Gasteiger partial charge in [0, 0.05) is 17.5 Å². The third-order valence-electron chi connectivity index (χ3n) is 3.80. The van der Waals surface area contributed by atoms with Gasteiger partial charge < -0.3 is 4.74 Å². The molecule has 1 aromatic heterocycles. The second kappa shape index (κ2) is 7.56. The van der Waals surface area contributed by atoms with E-state index in [1.165, 1.54) is 31.4 Å². The first kappa shape index (κ1) is 19.8. The van der Waals surface area contributed by atoms with E-state index in [-0.39, 0.29) is 9.92 Å². The molecule has 3 aromatic rings. The van der Waals surface area contributed by atoms with E-state index in [9.17, 15) is 16.8 Å². The maximum atomic E-state index is 12.6. The number of ether oxygens (including phenoxy) is 1. The number of methoxy groups -OCH3 is 1. The minimum atomic E-state index is -3.78. The third kappa shape index (κ3) is 4.46. The van der Waals surface area contributed by atoms with E-state index >= 15 is 0 Å². The summed E-state index contributed by atoms with van der Waals surface area (Å²) in [5.74, 6) is 0.553. The number of nitrogens with zero attached hydrogens (tertiary/aromatic N) is 2. The lowest BCUT2D eigenvalue weighted by Crippen LogP contribution is -2.12. The first-order valence-electron chi connectivity index (χ1n) is 8.00. The van der Waals surface area contributed by atoms with Crippen molar-refractivity contribution in [3.05, 3.63) is 60.7 Å². The fourth-order valence-electron chi connectivity index (χ4n) is 2.38. The Bertz CT molecular complexity index is 1190. The van der Waals surface area contributed by atoms with Crippen LogP contribution < -0.4 is 9.46 Å². The fraction of sp³-hybridized carbons (Fsp3) is 0.111. The van der Waals surface area contributed by atoms with Crippen molar-refractivity contribution in [2.75, 3.05) is 18.1 Å². The molecule has 0 unspecified atom stereocenters. The Balaban J connectivity index is 1.86. The molecule has 0 aliphatic rings. The van der Waals surface area contributed by atoms with Crippen molar-refractivity contribution in [1.82, 2.24) is 10.2 Å². The van der Waals surface area contributed by atoms with Crippen molar-refractivity contribution in [3.8, 4) is 17.0 Å². The Kier molecular flexibility index (Phi) is 5.34. The molecule has 2 aromatic carbocycles. The molecule has 0 bridgehead atoms. The quantitative estimate of drug-likeness (QED) is 0.652. The largest absolute Gasteiger partial charge is 0.497 e. The smallest absolute Gasteiger partial charge is 0.261 e. The highest BCUT2D eigenvalue weighted by Crippen LogP contribution is 2.24. The minimum Gasteiger partial charge on any atom is -0.497 e. The summed E-state index contributed by atoms with van der Waals surface area (Å²) in [5, 5.41) is 7.48. The van der Waals surface area contributed by atoms with E-state index < -0.39 is 19.9 Å². The summed E-state index contributed by atoms with van der Waals surface area (Å²) in [7, 11) is -5.73. The Morgan fingerprint density at radius 1 is 0.893 bits per heavy atom. The van der Waals surface area contributed by atoms with Gasteiger partial charge in [0.05, 0.1) is 17.7 Å². The van der Waals surface area contributed by atoms with Crippen LogP contribution in [0, 0.1) is 0 Å². The summed E-state index contributed by atoms with van der Waals surface area (Å²) in [6.07, 6.45) is 1.05. The summed E-state index contributed by atoms with van der Waals surface area (Å²) in [4.78, 5) is 0.0935. The Morgan fingerprint density at radius 3 is 2.18 bits per heavy atom. The highest BCUT2D eigenvalue weighted by Gasteiger charge is 2.15. The third-order valence-corrected chi connectivity index (χ3v) is 6.17. The number of nitrogens with one attached hydrogen (secondary N) is 1. The second-order valence-electron chi connectivity index (χ2n) is 5.89. The Hall–Kier alpha value is -2.98. The highest BCUT2D eigenvalue weighted by atomic mass is 32.2. The molecule has 8 nitrogen and oxygen atoms in total. The van der Waals surface area contributed by atoms with Crippen molar-refractivity contribution in [1.29, 1.82) is 0 Å². The van der Waals surface area contributed by atoms with Gasteiger partial charge in [0.1, 0.15) is 5.75 Å². The highest BCUT2D eigenvalue weighted by molar-refractivity contribution is 7.92. The Morgan fingerprint density at radius 2 is 1.61 bits per heavy atom. The molecule has 0 spiro atoms. The van der Waals surface area contributed by atoms with Gasteiger partial charge >= 0.3 is 0 Å². The monoisotopic (exact) mass is 419 g/mol. The molecule has 0 aliphatic carbocycles. The zero-order chi connectivity index (χ0) is 20.4. The lowest BCUT2D eigenvalue weighted by Gasteiger charge is -2.10. The molecule has 0 radical (unpaired) electrons. The molecule has 0 atom stereocenters. The van der Waals surface area contributed by atoms with Crippen LogP contribution in [0.2, 0.25) is 0 Å². The average molecular weight is 419 g/mol. The van der Waals surface area contributed by atoms with Crippen LogP contribution in [0.25, 0.3) is 11.3 Å². The number of aromatic nitrogens is 2. The van der Waals surface area contributed by atoms with Crippen LogP contribution in [0.3, 0.4) is 0 Å². The molecule has 0 aliphatic heterocycles. The Labute approximate surface area is 163 Å². The van der Waals surface area contributed by atoms with Crippen molar-refractivity contribution in [2.24, 2.45) is 0 Å². The first-order chi connectivity index (χ1) is 13.2. The van der Waals surface area contributed by atoms with Gasteiger partial charge in [0.25, 0.3) is 10.0 Å². The van der Waals surface area contributed by atoms with Crippen molar-refractivity contribution in [2.45, 2.75) is 9.92 Å². The first-order valence-corrected chi connectivity index (χ1v) is 11.4. The van der Waals surface area contributed by atoms with Crippen LogP contribution in [0.4, 0.5) is 5.69 Å². The predicted octanol–water partition coefficient (Wildman–Crippen LogP) is 2.36. The molecule has 0 saturated heterocycles. The van der Waals surface area contributed by atoms with Gasteiger partial charge in [-0.25, -0.2) is 16.8 Å². The van der Waals surface area contributed by atoms with Crippen LogP contribution in [-0.2, 0) is 19.9 Å². The van der Waals surface area contributed by atoms with Crippen molar-refractivity contribution < 1.29 is 21.6 Å². The van der Waals surface area contributed by atoms with Gasteiger partial charge in [0.2, 0.25) is 0 Å². The lowest BCUT2D eigenvalue weighted by atomic mass is 10.1. The molecule has 0 fully saturated rings. The number of anilines is 1. The molecule has 1 heterocycles. The topological polar surface area (TPSA) is 115 Å². The van der Waals surface area contributed by atoms with E-state index in [0.717, 1.165) is 6.26 Å². The lowest BCUT2D eigenvalue weighted by molar-refractivity contribution is 0.414. The SMILES string of the molecule is COc1ccc(S(=O)(=O)Nc2cccc(-c3ccc(S(C)(=O)=O)nn3)c2)cc1. The van der Waals surface area contributed by atoms with Gasteiger partial charge in [-0.1, -0.05) is 12.1 Å². The minimum absolute atomic E-state index is 0.0935. The number of rotatable bonds is 6. The van der Waals surface area contributed by atoms with Gasteiger partial charge in [0.15, 0.2) is 14.9 Å².